The van der Waals surface area contributed by atoms with Gasteiger partial charge in [-0.1, -0.05) is 0 Å². The third-order valence-electron chi connectivity index (χ3n) is 1.29. The third kappa shape index (κ3) is 1.95. The number of rotatable bonds is 2. The standard InChI is InChI=1S/C7H9IN2O/c1-9-5-3-4-6(8)10-7(5)11-2/h3-4,9H,1-2H3. The molecule has 4 heteroatoms. The Bertz CT molecular complexity index is 252. The molecule has 0 amide bonds. The highest BCUT2D eigenvalue weighted by atomic mass is 127. The van der Waals surface area contributed by atoms with Crippen molar-refractivity contribution in [1.29, 1.82) is 0 Å². The smallest absolute Gasteiger partial charge is 0.238 e. The lowest BCUT2D eigenvalue weighted by Gasteiger charge is -2.05. The molecule has 0 radical (unpaired) electrons. The Morgan fingerprint density at radius 3 is 2.82 bits per heavy atom. The molecule has 0 aliphatic carbocycles. The fraction of sp³-hybridized carbons (Fsp3) is 0.286. The summed E-state index contributed by atoms with van der Waals surface area (Å²) in [6.07, 6.45) is 0. The van der Waals surface area contributed by atoms with E-state index in [1.807, 2.05) is 19.2 Å². The Morgan fingerprint density at radius 1 is 1.55 bits per heavy atom. The fourth-order valence-corrected chi connectivity index (χ4v) is 1.16. The molecule has 1 aromatic rings. The van der Waals surface area contributed by atoms with Crippen molar-refractivity contribution in [1.82, 2.24) is 4.98 Å². The zero-order valence-electron chi connectivity index (χ0n) is 6.39. The lowest BCUT2D eigenvalue weighted by Crippen LogP contribution is -1.96. The molecular formula is C7H9IN2O. The second-order valence-corrected chi connectivity index (χ2v) is 3.05. The number of nitrogens with zero attached hydrogens (tertiary/aromatic N) is 1. The van der Waals surface area contributed by atoms with Gasteiger partial charge >= 0.3 is 0 Å². The van der Waals surface area contributed by atoms with Crippen LogP contribution in [0.1, 0.15) is 0 Å². The maximum absolute atomic E-state index is 5.04. The largest absolute Gasteiger partial charge is 0.479 e. The summed E-state index contributed by atoms with van der Waals surface area (Å²) in [5.74, 6) is 0.638. The van der Waals surface area contributed by atoms with Crippen LogP contribution >= 0.6 is 22.6 Å². The maximum atomic E-state index is 5.04. The van der Waals surface area contributed by atoms with Crippen LogP contribution in [0.5, 0.6) is 5.88 Å². The molecule has 1 N–H and O–H groups in total. The van der Waals surface area contributed by atoms with Crippen LogP contribution in [-0.2, 0) is 0 Å². The predicted octanol–water partition coefficient (Wildman–Crippen LogP) is 1.74. The van der Waals surface area contributed by atoms with Gasteiger partial charge in [0, 0.05) is 7.05 Å². The van der Waals surface area contributed by atoms with E-state index < -0.39 is 0 Å². The van der Waals surface area contributed by atoms with E-state index in [1.54, 1.807) is 7.11 Å². The van der Waals surface area contributed by atoms with Crippen molar-refractivity contribution in [3.63, 3.8) is 0 Å². The number of methoxy groups -OCH3 is 1. The lowest BCUT2D eigenvalue weighted by molar-refractivity contribution is 0.399. The van der Waals surface area contributed by atoms with Gasteiger partial charge in [0.25, 0.3) is 0 Å². The van der Waals surface area contributed by atoms with Gasteiger partial charge in [-0.15, -0.1) is 0 Å². The topological polar surface area (TPSA) is 34.2 Å². The molecule has 0 fully saturated rings. The molecule has 3 nitrogen and oxygen atoms in total. The van der Waals surface area contributed by atoms with Gasteiger partial charge in [0.05, 0.1) is 12.8 Å². The minimum atomic E-state index is 0.638. The quantitative estimate of drug-likeness (QED) is 0.652. The van der Waals surface area contributed by atoms with Crippen LogP contribution in [0, 0.1) is 3.70 Å². The molecule has 0 aromatic carbocycles. The molecule has 0 spiro atoms. The average molecular weight is 264 g/mol. The first kappa shape index (κ1) is 8.58. The number of ether oxygens (including phenoxy) is 1. The number of hydrogen-bond acceptors (Lipinski definition) is 3. The molecule has 0 aliphatic heterocycles. The van der Waals surface area contributed by atoms with Gasteiger partial charge in [-0.25, -0.2) is 4.98 Å². The van der Waals surface area contributed by atoms with Crippen LogP contribution in [0.25, 0.3) is 0 Å². The van der Waals surface area contributed by atoms with Crippen LogP contribution < -0.4 is 10.1 Å². The number of halogens is 1. The molecule has 11 heavy (non-hydrogen) atoms. The Kier molecular flexibility index (Phi) is 2.92. The number of pyridine rings is 1. The van der Waals surface area contributed by atoms with E-state index in [4.69, 9.17) is 4.74 Å². The average Bonchev–Trinajstić information content (AvgIpc) is 2.04. The van der Waals surface area contributed by atoms with Crippen molar-refractivity contribution < 1.29 is 4.74 Å². The van der Waals surface area contributed by atoms with Crippen molar-refractivity contribution in [2.45, 2.75) is 0 Å². The summed E-state index contributed by atoms with van der Waals surface area (Å²) in [5.41, 5.74) is 0.910. The molecule has 0 saturated carbocycles. The van der Waals surface area contributed by atoms with Crippen LogP contribution in [-0.4, -0.2) is 19.1 Å². The van der Waals surface area contributed by atoms with Gasteiger partial charge < -0.3 is 10.1 Å². The van der Waals surface area contributed by atoms with E-state index in [-0.39, 0.29) is 0 Å². The fourth-order valence-electron chi connectivity index (χ4n) is 0.764. The molecule has 0 bridgehead atoms. The van der Waals surface area contributed by atoms with Crippen molar-refractivity contribution in [2.24, 2.45) is 0 Å². The minimum Gasteiger partial charge on any atom is -0.479 e. The first-order valence-electron chi connectivity index (χ1n) is 3.16. The van der Waals surface area contributed by atoms with Crippen LogP contribution in [0.2, 0.25) is 0 Å². The van der Waals surface area contributed by atoms with Crippen molar-refractivity contribution in [3.8, 4) is 5.88 Å². The first-order chi connectivity index (χ1) is 5.27. The summed E-state index contributed by atoms with van der Waals surface area (Å²) in [6, 6.07) is 3.86. The van der Waals surface area contributed by atoms with Crippen molar-refractivity contribution >= 4 is 28.3 Å². The summed E-state index contributed by atoms with van der Waals surface area (Å²) in [6.45, 7) is 0. The molecule has 1 rings (SSSR count). The third-order valence-corrected chi connectivity index (χ3v) is 1.89. The van der Waals surface area contributed by atoms with Crippen LogP contribution in [0.3, 0.4) is 0 Å². The Balaban J connectivity index is 3.06. The maximum Gasteiger partial charge on any atom is 0.238 e. The monoisotopic (exact) mass is 264 g/mol. The van der Waals surface area contributed by atoms with E-state index in [9.17, 15) is 0 Å². The van der Waals surface area contributed by atoms with Gasteiger partial charge in [0.2, 0.25) is 5.88 Å². The summed E-state index contributed by atoms with van der Waals surface area (Å²) in [7, 11) is 3.45. The number of nitrogens with one attached hydrogen (secondary N) is 1. The molecule has 0 atom stereocenters. The second-order valence-electron chi connectivity index (χ2n) is 1.94. The van der Waals surface area contributed by atoms with Gasteiger partial charge in [-0.05, 0) is 34.7 Å². The Morgan fingerprint density at radius 2 is 2.27 bits per heavy atom. The van der Waals surface area contributed by atoms with Crippen molar-refractivity contribution in [2.75, 3.05) is 19.5 Å². The number of hydrogen-bond donors (Lipinski definition) is 1. The van der Waals surface area contributed by atoms with Crippen molar-refractivity contribution in [3.05, 3.63) is 15.8 Å². The zero-order chi connectivity index (χ0) is 8.27. The van der Waals surface area contributed by atoms with Gasteiger partial charge in [-0.2, -0.15) is 0 Å². The zero-order valence-corrected chi connectivity index (χ0v) is 8.55. The van der Waals surface area contributed by atoms with E-state index in [0.29, 0.717) is 5.88 Å². The van der Waals surface area contributed by atoms with E-state index in [0.717, 1.165) is 9.39 Å². The van der Waals surface area contributed by atoms with E-state index in [2.05, 4.69) is 32.9 Å². The minimum absolute atomic E-state index is 0.638. The highest BCUT2D eigenvalue weighted by molar-refractivity contribution is 14.1. The summed E-state index contributed by atoms with van der Waals surface area (Å²) >= 11 is 2.14. The molecule has 0 unspecified atom stereocenters. The van der Waals surface area contributed by atoms with Gasteiger partial charge in [-0.3, -0.25) is 0 Å². The van der Waals surface area contributed by atoms with Crippen LogP contribution in [0.15, 0.2) is 12.1 Å². The highest BCUT2D eigenvalue weighted by Gasteiger charge is 2.01. The number of aromatic nitrogens is 1. The summed E-state index contributed by atoms with van der Waals surface area (Å²) < 4.78 is 5.97. The molecule has 60 valence electrons. The Labute approximate surface area is 79.3 Å². The number of anilines is 1. The van der Waals surface area contributed by atoms with E-state index in [1.165, 1.54) is 0 Å². The lowest BCUT2D eigenvalue weighted by atomic mass is 10.4. The van der Waals surface area contributed by atoms with Crippen LogP contribution in [0.4, 0.5) is 5.69 Å². The molecule has 0 aliphatic rings. The first-order valence-corrected chi connectivity index (χ1v) is 4.24. The molecule has 1 aromatic heterocycles. The molecular weight excluding hydrogens is 255 g/mol. The Hall–Kier alpha value is -0.520. The predicted molar refractivity (Wildman–Crippen MR) is 53.1 cm³/mol. The molecule has 0 saturated heterocycles. The summed E-state index contributed by atoms with van der Waals surface area (Å²) in [4.78, 5) is 4.16. The normalized spacial score (nSPS) is 9.36. The SMILES string of the molecule is CNc1ccc(I)nc1OC. The summed E-state index contributed by atoms with van der Waals surface area (Å²) in [5, 5.41) is 2.98. The van der Waals surface area contributed by atoms with E-state index >= 15 is 0 Å². The van der Waals surface area contributed by atoms with Gasteiger partial charge in [0.15, 0.2) is 0 Å². The molecule has 1 heterocycles. The second kappa shape index (κ2) is 3.75. The highest BCUT2D eigenvalue weighted by Crippen LogP contribution is 2.21. The van der Waals surface area contributed by atoms with Gasteiger partial charge in [0.1, 0.15) is 3.70 Å².